The Bertz CT molecular complexity index is 656. The first kappa shape index (κ1) is 14.3. The minimum absolute atomic E-state index is 0.00228. The van der Waals surface area contributed by atoms with Crippen molar-refractivity contribution in [3.05, 3.63) is 27.8 Å². The molecule has 2 aliphatic heterocycles. The maximum atomic E-state index is 6.21. The second-order valence-electron chi connectivity index (χ2n) is 6.22. The van der Waals surface area contributed by atoms with Crippen molar-refractivity contribution in [3.63, 3.8) is 0 Å². The highest BCUT2D eigenvalue weighted by Gasteiger charge is 2.41. The second-order valence-corrected chi connectivity index (χ2v) is 7.15. The van der Waals surface area contributed by atoms with Gasteiger partial charge in [-0.2, -0.15) is 4.98 Å². The molecule has 118 valence electrons. The Kier molecular flexibility index (Phi) is 3.71. The summed E-state index contributed by atoms with van der Waals surface area (Å²) in [4.78, 5) is 12.5. The van der Waals surface area contributed by atoms with Crippen LogP contribution in [0, 0.1) is 19.8 Å². The second kappa shape index (κ2) is 5.72. The Balaban J connectivity index is 1.40. The fraction of sp³-hybridized carbons (Fsp3) is 0.667. The summed E-state index contributed by atoms with van der Waals surface area (Å²) < 4.78 is 11.3. The number of hydrogen-bond acceptors (Lipinski definition) is 7. The van der Waals surface area contributed by atoms with Crippen LogP contribution in [0.2, 0.25) is 0 Å². The third-order valence-corrected chi connectivity index (χ3v) is 5.60. The van der Waals surface area contributed by atoms with E-state index in [1.165, 1.54) is 11.3 Å². The predicted molar refractivity (Wildman–Crippen MR) is 81.5 cm³/mol. The number of rotatable bonds is 3. The summed E-state index contributed by atoms with van der Waals surface area (Å²) in [6.07, 6.45) is 2.47. The SMILES string of the molecule is Cc1nc([C@H]2C[C@@H]3CCN(Cc4scnc4C)C[C@H]3O2)no1. The van der Waals surface area contributed by atoms with E-state index in [-0.39, 0.29) is 12.2 Å². The zero-order valence-electron chi connectivity index (χ0n) is 12.9. The van der Waals surface area contributed by atoms with Crippen LogP contribution in [-0.2, 0) is 11.3 Å². The van der Waals surface area contributed by atoms with Crippen molar-refractivity contribution in [3.8, 4) is 0 Å². The molecule has 6 nitrogen and oxygen atoms in total. The van der Waals surface area contributed by atoms with E-state index in [1.807, 2.05) is 12.4 Å². The molecule has 0 amide bonds. The quantitative estimate of drug-likeness (QED) is 0.866. The lowest BCUT2D eigenvalue weighted by Crippen LogP contribution is -2.41. The molecule has 0 aliphatic carbocycles. The molecule has 0 unspecified atom stereocenters. The van der Waals surface area contributed by atoms with Crippen molar-refractivity contribution >= 4 is 11.3 Å². The highest BCUT2D eigenvalue weighted by molar-refractivity contribution is 7.09. The molecule has 2 aromatic heterocycles. The molecule has 2 aromatic rings. The molecule has 4 heterocycles. The number of hydrogen-bond donors (Lipinski definition) is 0. The molecule has 2 fully saturated rings. The van der Waals surface area contributed by atoms with Gasteiger partial charge in [-0.15, -0.1) is 11.3 Å². The fourth-order valence-corrected chi connectivity index (χ4v) is 4.25. The number of nitrogens with zero attached hydrogens (tertiary/aromatic N) is 4. The summed E-state index contributed by atoms with van der Waals surface area (Å²) in [5, 5.41) is 4.02. The Hall–Kier alpha value is -1.31. The van der Waals surface area contributed by atoms with E-state index in [0.717, 1.165) is 31.7 Å². The normalized spacial score (nSPS) is 28.9. The minimum Gasteiger partial charge on any atom is -0.365 e. The van der Waals surface area contributed by atoms with Crippen molar-refractivity contribution in [1.82, 2.24) is 20.0 Å². The summed E-state index contributed by atoms with van der Waals surface area (Å²) in [5.74, 6) is 1.93. The van der Waals surface area contributed by atoms with E-state index in [4.69, 9.17) is 9.26 Å². The lowest BCUT2D eigenvalue weighted by molar-refractivity contribution is -0.0124. The number of likely N-dealkylation sites (tertiary alicyclic amines) is 1. The summed E-state index contributed by atoms with van der Waals surface area (Å²) in [6, 6.07) is 0. The number of aromatic nitrogens is 3. The van der Waals surface area contributed by atoms with Crippen molar-refractivity contribution < 1.29 is 9.26 Å². The van der Waals surface area contributed by atoms with Gasteiger partial charge in [0, 0.05) is 24.9 Å². The number of piperidine rings is 1. The molecule has 3 atom stereocenters. The molecule has 0 spiro atoms. The van der Waals surface area contributed by atoms with Crippen LogP contribution in [0.15, 0.2) is 10.0 Å². The van der Waals surface area contributed by atoms with Gasteiger partial charge in [-0.1, -0.05) is 5.16 Å². The first-order chi connectivity index (χ1) is 10.7. The fourth-order valence-electron chi connectivity index (χ4n) is 3.43. The van der Waals surface area contributed by atoms with E-state index >= 15 is 0 Å². The maximum absolute atomic E-state index is 6.21. The first-order valence-corrected chi connectivity index (χ1v) is 8.64. The van der Waals surface area contributed by atoms with Gasteiger partial charge in [-0.3, -0.25) is 4.90 Å². The maximum Gasteiger partial charge on any atom is 0.223 e. The first-order valence-electron chi connectivity index (χ1n) is 7.76. The average Bonchev–Trinajstić information content (AvgIpc) is 3.19. The van der Waals surface area contributed by atoms with Crippen LogP contribution in [0.25, 0.3) is 0 Å². The third-order valence-electron chi connectivity index (χ3n) is 4.68. The topological polar surface area (TPSA) is 64.3 Å². The van der Waals surface area contributed by atoms with Crippen LogP contribution >= 0.6 is 11.3 Å². The molecule has 0 bridgehead atoms. The predicted octanol–water partition coefficient (Wildman–Crippen LogP) is 2.50. The summed E-state index contributed by atoms with van der Waals surface area (Å²) >= 11 is 1.74. The van der Waals surface area contributed by atoms with Crippen LogP contribution in [0.5, 0.6) is 0 Å². The highest BCUT2D eigenvalue weighted by atomic mass is 32.1. The number of aryl methyl sites for hydroxylation is 2. The van der Waals surface area contributed by atoms with Crippen LogP contribution in [0.1, 0.15) is 41.2 Å². The molecular weight excluding hydrogens is 300 g/mol. The number of ether oxygens (including phenoxy) is 1. The van der Waals surface area contributed by atoms with E-state index < -0.39 is 0 Å². The van der Waals surface area contributed by atoms with Crippen LogP contribution < -0.4 is 0 Å². The Morgan fingerprint density at radius 1 is 1.41 bits per heavy atom. The van der Waals surface area contributed by atoms with Crippen molar-refractivity contribution in [1.29, 1.82) is 0 Å². The number of thiazole rings is 1. The van der Waals surface area contributed by atoms with E-state index in [9.17, 15) is 0 Å². The van der Waals surface area contributed by atoms with Gasteiger partial charge in [0.1, 0.15) is 6.10 Å². The molecule has 7 heteroatoms. The summed E-state index contributed by atoms with van der Waals surface area (Å²) in [5.41, 5.74) is 3.08. The molecule has 4 rings (SSSR count). The Morgan fingerprint density at radius 2 is 2.32 bits per heavy atom. The van der Waals surface area contributed by atoms with Gasteiger partial charge in [0.25, 0.3) is 0 Å². The minimum atomic E-state index is -0.00228. The van der Waals surface area contributed by atoms with Crippen LogP contribution in [-0.4, -0.2) is 39.2 Å². The van der Waals surface area contributed by atoms with Gasteiger partial charge < -0.3 is 9.26 Å². The van der Waals surface area contributed by atoms with Gasteiger partial charge in [0.2, 0.25) is 11.7 Å². The zero-order chi connectivity index (χ0) is 15.1. The Morgan fingerprint density at radius 3 is 3.05 bits per heavy atom. The van der Waals surface area contributed by atoms with E-state index in [2.05, 4.69) is 26.9 Å². The standard InChI is InChI=1S/C15H20N4O2S/c1-9-14(22-8-16-9)7-19-4-3-11-5-12(20-13(11)6-19)15-17-10(2)21-18-15/h8,11-13H,3-7H2,1-2H3/t11-,12+,13+/m0/s1. The zero-order valence-corrected chi connectivity index (χ0v) is 13.7. The molecule has 0 saturated carbocycles. The van der Waals surface area contributed by atoms with Crippen LogP contribution in [0.3, 0.4) is 0 Å². The van der Waals surface area contributed by atoms with Crippen molar-refractivity contribution in [2.24, 2.45) is 5.92 Å². The van der Waals surface area contributed by atoms with Crippen LogP contribution in [0.4, 0.5) is 0 Å². The lowest BCUT2D eigenvalue weighted by Gasteiger charge is -2.33. The smallest absolute Gasteiger partial charge is 0.223 e. The van der Waals surface area contributed by atoms with Gasteiger partial charge in [0.15, 0.2) is 0 Å². The van der Waals surface area contributed by atoms with Crippen molar-refractivity contribution in [2.75, 3.05) is 13.1 Å². The van der Waals surface area contributed by atoms with Gasteiger partial charge in [-0.05, 0) is 32.2 Å². The summed E-state index contributed by atoms with van der Waals surface area (Å²) in [7, 11) is 0. The lowest BCUT2D eigenvalue weighted by atomic mass is 9.91. The monoisotopic (exact) mass is 320 g/mol. The van der Waals surface area contributed by atoms with Gasteiger partial charge in [0.05, 0.1) is 17.3 Å². The van der Waals surface area contributed by atoms with E-state index in [1.54, 1.807) is 11.3 Å². The number of fused-ring (bicyclic) bond motifs is 1. The largest absolute Gasteiger partial charge is 0.365 e. The average molecular weight is 320 g/mol. The van der Waals surface area contributed by atoms with Crippen molar-refractivity contribution in [2.45, 2.75) is 45.4 Å². The molecular formula is C15H20N4O2S. The highest BCUT2D eigenvalue weighted by Crippen LogP contribution is 2.40. The molecule has 2 saturated heterocycles. The third kappa shape index (κ3) is 2.68. The molecule has 2 aliphatic rings. The molecule has 0 aromatic carbocycles. The van der Waals surface area contributed by atoms with Gasteiger partial charge in [-0.25, -0.2) is 4.98 Å². The molecule has 0 radical (unpaired) electrons. The van der Waals surface area contributed by atoms with Gasteiger partial charge >= 0.3 is 0 Å². The Labute approximate surface area is 133 Å². The summed E-state index contributed by atoms with van der Waals surface area (Å²) in [6.45, 7) is 6.99. The molecule has 0 N–H and O–H groups in total. The van der Waals surface area contributed by atoms with E-state index in [0.29, 0.717) is 17.6 Å². The molecule has 22 heavy (non-hydrogen) atoms.